The van der Waals surface area contributed by atoms with E-state index >= 15 is 0 Å². The van der Waals surface area contributed by atoms with Crippen LogP contribution in [0.25, 0.3) is 5.57 Å². The van der Waals surface area contributed by atoms with Crippen molar-refractivity contribution in [3.05, 3.63) is 76.5 Å². The summed E-state index contributed by atoms with van der Waals surface area (Å²) in [5, 5.41) is 8.10. The zero-order valence-corrected chi connectivity index (χ0v) is 13.6. The lowest BCUT2D eigenvalue weighted by atomic mass is 10.0. The van der Waals surface area contributed by atoms with Gasteiger partial charge in [0.05, 0.1) is 11.9 Å². The second kappa shape index (κ2) is 6.99. The van der Waals surface area contributed by atoms with Gasteiger partial charge in [0, 0.05) is 11.8 Å². The van der Waals surface area contributed by atoms with Crippen molar-refractivity contribution in [1.29, 1.82) is 5.41 Å². The summed E-state index contributed by atoms with van der Waals surface area (Å²) in [7, 11) is 0. The predicted molar refractivity (Wildman–Crippen MR) is 96.1 cm³/mol. The molecule has 0 spiro atoms. The molecule has 0 saturated carbocycles. The van der Waals surface area contributed by atoms with E-state index in [-0.39, 0.29) is 0 Å². The minimum absolute atomic E-state index is 0.427. The van der Waals surface area contributed by atoms with Crippen LogP contribution in [0.4, 0.5) is 0 Å². The lowest BCUT2D eigenvalue weighted by Gasteiger charge is -2.03. The number of benzene rings is 2. The van der Waals surface area contributed by atoms with Crippen LogP contribution in [-0.4, -0.2) is 11.9 Å². The molecular formula is C20H22N2. The minimum Gasteiger partial charge on any atom is -0.299 e. The molecule has 1 N–H and O–H groups in total. The summed E-state index contributed by atoms with van der Waals surface area (Å²) < 4.78 is 0. The molecule has 0 fully saturated rings. The molecule has 0 heterocycles. The fraction of sp³-hybridized carbons (Fsp3) is 0.200. The lowest BCUT2D eigenvalue weighted by Crippen LogP contribution is -2.01. The van der Waals surface area contributed by atoms with E-state index in [0.29, 0.717) is 5.71 Å². The molecule has 22 heavy (non-hydrogen) atoms. The molecule has 0 aliphatic rings. The van der Waals surface area contributed by atoms with E-state index in [1.54, 1.807) is 6.21 Å². The Morgan fingerprint density at radius 1 is 0.955 bits per heavy atom. The van der Waals surface area contributed by atoms with E-state index < -0.39 is 0 Å². The molecule has 2 nitrogen and oxygen atoms in total. The van der Waals surface area contributed by atoms with E-state index in [0.717, 1.165) is 16.7 Å². The number of hydrogen-bond acceptors (Lipinski definition) is 2. The molecule has 0 aromatic heterocycles. The van der Waals surface area contributed by atoms with Crippen LogP contribution in [-0.2, 0) is 0 Å². The highest BCUT2D eigenvalue weighted by Crippen LogP contribution is 2.15. The summed E-state index contributed by atoms with van der Waals surface area (Å²) in [4.78, 5) is 4.29. The number of aryl methyl sites for hydroxylation is 3. The number of rotatable bonds is 4. The topological polar surface area (TPSA) is 36.2 Å². The standard InChI is InChI=1S/C20H22N2/c1-14-6-5-7-18(10-14)17(4)12-22-13-20(21)19-9-8-15(2)16(3)11-19/h5-13,21H,1-4H3/b17-12+,21-20?,22-13?. The van der Waals surface area contributed by atoms with Gasteiger partial charge in [-0.1, -0.05) is 42.0 Å². The van der Waals surface area contributed by atoms with E-state index in [1.807, 2.05) is 37.4 Å². The molecule has 2 aromatic rings. The van der Waals surface area contributed by atoms with Crippen molar-refractivity contribution in [1.82, 2.24) is 0 Å². The van der Waals surface area contributed by atoms with E-state index in [1.165, 1.54) is 16.7 Å². The fourth-order valence-electron chi connectivity index (χ4n) is 2.17. The van der Waals surface area contributed by atoms with Gasteiger partial charge < -0.3 is 0 Å². The monoisotopic (exact) mass is 290 g/mol. The number of hydrogen-bond donors (Lipinski definition) is 1. The maximum atomic E-state index is 8.10. The van der Waals surface area contributed by atoms with Crippen molar-refractivity contribution >= 4 is 17.5 Å². The molecule has 0 aliphatic heterocycles. The first kappa shape index (κ1) is 15.9. The number of aliphatic imine (C=N–C) groups is 1. The maximum Gasteiger partial charge on any atom is 0.0794 e. The van der Waals surface area contributed by atoms with Crippen molar-refractivity contribution < 1.29 is 0 Å². The van der Waals surface area contributed by atoms with Gasteiger partial charge in [0.25, 0.3) is 0 Å². The maximum absolute atomic E-state index is 8.10. The van der Waals surface area contributed by atoms with Gasteiger partial charge in [-0.15, -0.1) is 0 Å². The quantitative estimate of drug-likeness (QED) is 0.760. The van der Waals surface area contributed by atoms with Crippen LogP contribution in [0.5, 0.6) is 0 Å². The molecule has 2 aromatic carbocycles. The first-order valence-electron chi connectivity index (χ1n) is 7.40. The van der Waals surface area contributed by atoms with Crippen LogP contribution >= 0.6 is 0 Å². The van der Waals surface area contributed by atoms with Gasteiger partial charge in [0.1, 0.15) is 0 Å². The highest BCUT2D eigenvalue weighted by molar-refractivity contribution is 6.36. The molecule has 0 aliphatic carbocycles. The summed E-state index contributed by atoms with van der Waals surface area (Å²) in [5.41, 5.74) is 7.25. The third-order valence-electron chi connectivity index (χ3n) is 3.76. The van der Waals surface area contributed by atoms with Crippen molar-refractivity contribution in [3.8, 4) is 0 Å². The summed E-state index contributed by atoms with van der Waals surface area (Å²) in [6.07, 6.45) is 3.41. The molecule has 0 atom stereocenters. The lowest BCUT2D eigenvalue weighted by molar-refractivity contribution is 1.33. The Labute approximate surface area is 132 Å². The first-order chi connectivity index (χ1) is 10.5. The molecule has 0 unspecified atom stereocenters. The molecular weight excluding hydrogens is 268 g/mol. The second-order valence-corrected chi connectivity index (χ2v) is 5.67. The number of allylic oxidation sites excluding steroid dienone is 1. The average molecular weight is 290 g/mol. The van der Waals surface area contributed by atoms with Crippen LogP contribution in [0.3, 0.4) is 0 Å². The summed E-state index contributed by atoms with van der Waals surface area (Å²) >= 11 is 0. The Bertz CT molecular complexity index is 752. The van der Waals surface area contributed by atoms with E-state index in [4.69, 9.17) is 5.41 Å². The predicted octanol–water partition coefficient (Wildman–Crippen LogP) is 5.11. The SMILES string of the molecule is C/C(=C\N=CC(=N)c1ccc(C)c(C)c1)c1cccc(C)c1. The van der Waals surface area contributed by atoms with Crippen LogP contribution in [0, 0.1) is 26.2 Å². The van der Waals surface area contributed by atoms with Crippen LogP contribution in [0.15, 0.2) is 53.7 Å². The van der Waals surface area contributed by atoms with E-state index in [2.05, 4.69) is 44.0 Å². The van der Waals surface area contributed by atoms with Crippen molar-refractivity contribution in [2.45, 2.75) is 27.7 Å². The minimum atomic E-state index is 0.427. The molecule has 2 heteroatoms. The van der Waals surface area contributed by atoms with Gasteiger partial charge in [-0.25, -0.2) is 0 Å². The third kappa shape index (κ3) is 4.01. The van der Waals surface area contributed by atoms with Crippen LogP contribution in [0.2, 0.25) is 0 Å². The number of nitrogens with one attached hydrogen (secondary N) is 1. The summed E-state index contributed by atoms with van der Waals surface area (Å²) in [6, 6.07) is 14.4. The second-order valence-electron chi connectivity index (χ2n) is 5.67. The normalized spacial score (nSPS) is 11.9. The Balaban J connectivity index is 2.12. The molecule has 2 rings (SSSR count). The summed E-state index contributed by atoms with van der Waals surface area (Å²) in [6.45, 7) is 8.25. The Morgan fingerprint density at radius 2 is 1.73 bits per heavy atom. The van der Waals surface area contributed by atoms with Crippen LogP contribution < -0.4 is 0 Å². The van der Waals surface area contributed by atoms with Gasteiger partial charge in [-0.2, -0.15) is 0 Å². The average Bonchev–Trinajstić information content (AvgIpc) is 2.49. The molecule has 0 saturated heterocycles. The Hall–Kier alpha value is -2.48. The molecule has 112 valence electrons. The van der Waals surface area contributed by atoms with Crippen molar-refractivity contribution in [3.63, 3.8) is 0 Å². The highest BCUT2D eigenvalue weighted by atomic mass is 14.7. The van der Waals surface area contributed by atoms with Crippen LogP contribution in [0.1, 0.15) is 34.7 Å². The molecule has 0 amide bonds. The van der Waals surface area contributed by atoms with Gasteiger partial charge in [-0.05, 0) is 56.0 Å². The largest absolute Gasteiger partial charge is 0.299 e. The molecule has 0 bridgehead atoms. The zero-order valence-electron chi connectivity index (χ0n) is 13.6. The molecule has 0 radical (unpaired) electrons. The van der Waals surface area contributed by atoms with Gasteiger partial charge in [0.15, 0.2) is 0 Å². The smallest absolute Gasteiger partial charge is 0.0794 e. The van der Waals surface area contributed by atoms with Gasteiger partial charge >= 0.3 is 0 Å². The fourth-order valence-corrected chi connectivity index (χ4v) is 2.17. The van der Waals surface area contributed by atoms with Gasteiger partial charge in [-0.3, -0.25) is 10.4 Å². The third-order valence-corrected chi connectivity index (χ3v) is 3.76. The van der Waals surface area contributed by atoms with Crippen molar-refractivity contribution in [2.24, 2.45) is 4.99 Å². The van der Waals surface area contributed by atoms with E-state index in [9.17, 15) is 0 Å². The summed E-state index contributed by atoms with van der Waals surface area (Å²) in [5.74, 6) is 0. The zero-order chi connectivity index (χ0) is 16.1. The highest BCUT2D eigenvalue weighted by Gasteiger charge is 2.00. The first-order valence-corrected chi connectivity index (χ1v) is 7.40. The Morgan fingerprint density at radius 3 is 2.41 bits per heavy atom. The number of nitrogens with zero attached hydrogens (tertiary/aromatic N) is 1. The van der Waals surface area contributed by atoms with Crippen molar-refractivity contribution in [2.75, 3.05) is 0 Å². The van der Waals surface area contributed by atoms with Gasteiger partial charge in [0.2, 0.25) is 0 Å². The Kier molecular flexibility index (Phi) is 5.05.